The van der Waals surface area contributed by atoms with E-state index in [4.69, 9.17) is 4.74 Å². The van der Waals surface area contributed by atoms with Crippen LogP contribution < -0.4 is 4.74 Å². The number of nitrogens with zero attached hydrogens (tertiary/aromatic N) is 2. The molecule has 0 radical (unpaired) electrons. The summed E-state index contributed by atoms with van der Waals surface area (Å²) >= 11 is 0. The second-order valence-electron chi connectivity index (χ2n) is 6.13. The van der Waals surface area contributed by atoms with Crippen molar-refractivity contribution in [3.05, 3.63) is 65.2 Å². The van der Waals surface area contributed by atoms with Crippen LogP contribution >= 0.6 is 0 Å². The highest BCUT2D eigenvalue weighted by Gasteiger charge is 2.26. The number of hydrogen-bond acceptors (Lipinski definition) is 3. The molecule has 3 rings (SSSR count). The molecule has 1 saturated heterocycles. The number of aryl methyl sites for hydroxylation is 1. The molecule has 0 spiro atoms. The summed E-state index contributed by atoms with van der Waals surface area (Å²) in [4.78, 5) is 28.8. The fourth-order valence-electron chi connectivity index (χ4n) is 3.01. The Hall–Kier alpha value is -2.82. The number of ether oxygens (including phenoxy) is 1. The van der Waals surface area contributed by atoms with Gasteiger partial charge in [0.15, 0.2) is 0 Å². The monoisotopic (exact) mass is 338 g/mol. The minimum Gasteiger partial charge on any atom is -0.497 e. The van der Waals surface area contributed by atoms with E-state index in [1.165, 1.54) is 0 Å². The first-order valence-corrected chi connectivity index (χ1v) is 8.38. The van der Waals surface area contributed by atoms with Gasteiger partial charge >= 0.3 is 0 Å². The van der Waals surface area contributed by atoms with Gasteiger partial charge < -0.3 is 14.5 Å². The first-order chi connectivity index (χ1) is 12.1. The maximum atomic E-state index is 12.6. The van der Waals surface area contributed by atoms with Crippen molar-refractivity contribution in [2.24, 2.45) is 0 Å². The van der Waals surface area contributed by atoms with Crippen LogP contribution in [0.4, 0.5) is 0 Å². The Morgan fingerprint density at radius 2 is 1.40 bits per heavy atom. The molecule has 5 heteroatoms. The van der Waals surface area contributed by atoms with E-state index >= 15 is 0 Å². The van der Waals surface area contributed by atoms with E-state index in [-0.39, 0.29) is 11.8 Å². The molecule has 1 aliphatic rings. The van der Waals surface area contributed by atoms with Gasteiger partial charge in [0.05, 0.1) is 7.11 Å². The Morgan fingerprint density at radius 3 is 1.96 bits per heavy atom. The van der Waals surface area contributed by atoms with Crippen LogP contribution in [0.1, 0.15) is 26.3 Å². The molecule has 0 atom stereocenters. The van der Waals surface area contributed by atoms with Gasteiger partial charge in [-0.05, 0) is 42.8 Å². The van der Waals surface area contributed by atoms with E-state index in [1.54, 1.807) is 36.3 Å². The van der Waals surface area contributed by atoms with Crippen molar-refractivity contribution in [3.8, 4) is 5.75 Å². The van der Waals surface area contributed by atoms with Crippen molar-refractivity contribution >= 4 is 11.8 Å². The molecule has 1 aliphatic heterocycles. The molecule has 0 bridgehead atoms. The van der Waals surface area contributed by atoms with Crippen LogP contribution in [0.5, 0.6) is 5.75 Å². The smallest absolute Gasteiger partial charge is 0.254 e. The number of benzene rings is 2. The summed E-state index contributed by atoms with van der Waals surface area (Å²) in [6.45, 7) is 4.13. The summed E-state index contributed by atoms with van der Waals surface area (Å²) < 4.78 is 5.12. The fraction of sp³-hybridized carbons (Fsp3) is 0.300. The molecular weight excluding hydrogens is 316 g/mol. The Kier molecular flexibility index (Phi) is 5.03. The average molecular weight is 338 g/mol. The van der Waals surface area contributed by atoms with Gasteiger partial charge in [0.1, 0.15) is 5.75 Å². The Morgan fingerprint density at radius 1 is 0.840 bits per heavy atom. The third-order valence-corrected chi connectivity index (χ3v) is 4.57. The van der Waals surface area contributed by atoms with Crippen molar-refractivity contribution in [1.82, 2.24) is 9.80 Å². The maximum Gasteiger partial charge on any atom is 0.254 e. The minimum atomic E-state index is -0.00866. The average Bonchev–Trinajstić information content (AvgIpc) is 2.67. The van der Waals surface area contributed by atoms with Crippen LogP contribution in [0.25, 0.3) is 0 Å². The lowest BCUT2D eigenvalue weighted by Crippen LogP contribution is -2.50. The molecule has 2 aromatic rings. The number of piperazine rings is 1. The summed E-state index contributed by atoms with van der Waals surface area (Å²) in [6.07, 6.45) is 0. The summed E-state index contributed by atoms with van der Waals surface area (Å²) in [5.41, 5.74) is 2.35. The Bertz CT molecular complexity index is 763. The first-order valence-electron chi connectivity index (χ1n) is 8.38. The van der Waals surface area contributed by atoms with Crippen molar-refractivity contribution in [2.45, 2.75) is 6.92 Å². The molecule has 130 valence electrons. The van der Waals surface area contributed by atoms with E-state index in [1.807, 2.05) is 36.1 Å². The summed E-state index contributed by atoms with van der Waals surface area (Å²) in [5.74, 6) is 0.755. The Labute approximate surface area is 147 Å². The quantitative estimate of drug-likeness (QED) is 0.864. The molecule has 0 saturated carbocycles. The van der Waals surface area contributed by atoms with E-state index in [0.29, 0.717) is 31.7 Å². The SMILES string of the molecule is COc1ccc(C(=O)N2CCN(C(=O)c3ccccc3C)CC2)cc1. The number of hydrogen-bond donors (Lipinski definition) is 0. The van der Waals surface area contributed by atoms with E-state index in [9.17, 15) is 9.59 Å². The maximum absolute atomic E-state index is 12.6. The van der Waals surface area contributed by atoms with Gasteiger partial charge in [-0.2, -0.15) is 0 Å². The largest absolute Gasteiger partial charge is 0.497 e. The normalized spacial score (nSPS) is 14.3. The number of rotatable bonds is 3. The van der Waals surface area contributed by atoms with Gasteiger partial charge in [0.2, 0.25) is 0 Å². The third kappa shape index (κ3) is 3.65. The van der Waals surface area contributed by atoms with Gasteiger partial charge in [-0.15, -0.1) is 0 Å². The van der Waals surface area contributed by atoms with Crippen LogP contribution in [-0.2, 0) is 0 Å². The zero-order valence-corrected chi connectivity index (χ0v) is 14.6. The van der Waals surface area contributed by atoms with Crippen LogP contribution in [0.3, 0.4) is 0 Å². The molecule has 0 aliphatic carbocycles. The van der Waals surface area contributed by atoms with E-state index in [2.05, 4.69) is 0 Å². The second kappa shape index (κ2) is 7.38. The molecule has 0 aromatic heterocycles. The molecular formula is C20H22N2O3. The van der Waals surface area contributed by atoms with Gasteiger partial charge in [-0.3, -0.25) is 9.59 Å². The molecule has 0 unspecified atom stereocenters. The molecule has 1 fully saturated rings. The lowest BCUT2D eigenvalue weighted by atomic mass is 10.1. The van der Waals surface area contributed by atoms with E-state index in [0.717, 1.165) is 16.9 Å². The number of amides is 2. The zero-order valence-electron chi connectivity index (χ0n) is 14.6. The van der Waals surface area contributed by atoms with Crippen molar-refractivity contribution in [3.63, 3.8) is 0 Å². The molecule has 1 heterocycles. The van der Waals surface area contributed by atoms with Gasteiger partial charge in [0.25, 0.3) is 11.8 Å². The zero-order chi connectivity index (χ0) is 17.8. The molecule has 25 heavy (non-hydrogen) atoms. The number of carbonyl (C=O) groups excluding carboxylic acids is 2. The number of methoxy groups -OCH3 is 1. The highest BCUT2D eigenvalue weighted by Crippen LogP contribution is 2.16. The van der Waals surface area contributed by atoms with Crippen LogP contribution in [-0.4, -0.2) is 54.9 Å². The van der Waals surface area contributed by atoms with Crippen LogP contribution in [0.2, 0.25) is 0 Å². The standard InChI is InChI=1S/C20H22N2O3/c1-15-5-3-4-6-18(15)20(24)22-13-11-21(12-14-22)19(23)16-7-9-17(25-2)10-8-16/h3-10H,11-14H2,1-2H3. The predicted octanol–water partition coefficient (Wildman–Crippen LogP) is 2.60. The highest BCUT2D eigenvalue weighted by molar-refractivity contribution is 5.96. The third-order valence-electron chi connectivity index (χ3n) is 4.57. The minimum absolute atomic E-state index is 0.00866. The molecule has 2 amide bonds. The van der Waals surface area contributed by atoms with Crippen molar-refractivity contribution in [2.75, 3.05) is 33.3 Å². The summed E-state index contributed by atoms with van der Waals surface area (Å²) in [7, 11) is 1.60. The molecule has 0 N–H and O–H groups in total. The van der Waals surface area contributed by atoms with Crippen LogP contribution in [0, 0.1) is 6.92 Å². The summed E-state index contributed by atoms with van der Waals surface area (Å²) in [5, 5.41) is 0. The summed E-state index contributed by atoms with van der Waals surface area (Å²) in [6, 6.07) is 14.7. The first kappa shape index (κ1) is 17.0. The lowest BCUT2D eigenvalue weighted by molar-refractivity contribution is 0.0535. The van der Waals surface area contributed by atoms with Crippen molar-refractivity contribution < 1.29 is 14.3 Å². The van der Waals surface area contributed by atoms with Gasteiger partial charge in [-0.25, -0.2) is 0 Å². The number of carbonyl (C=O) groups is 2. The fourth-order valence-corrected chi connectivity index (χ4v) is 3.01. The van der Waals surface area contributed by atoms with Crippen molar-refractivity contribution in [1.29, 1.82) is 0 Å². The lowest BCUT2D eigenvalue weighted by Gasteiger charge is -2.35. The van der Waals surface area contributed by atoms with Crippen LogP contribution in [0.15, 0.2) is 48.5 Å². The Balaban J connectivity index is 1.62. The van der Waals surface area contributed by atoms with Gasteiger partial charge in [0, 0.05) is 37.3 Å². The second-order valence-corrected chi connectivity index (χ2v) is 6.13. The topological polar surface area (TPSA) is 49.9 Å². The molecule has 2 aromatic carbocycles. The van der Waals surface area contributed by atoms with E-state index < -0.39 is 0 Å². The van der Waals surface area contributed by atoms with Gasteiger partial charge in [-0.1, -0.05) is 18.2 Å². The highest BCUT2D eigenvalue weighted by atomic mass is 16.5. The molecule has 5 nitrogen and oxygen atoms in total. The predicted molar refractivity (Wildman–Crippen MR) is 96.0 cm³/mol.